The first-order valence-electron chi connectivity index (χ1n) is 7.19. The standard InChI is InChI=1S/C15H22F3N3/c1-20(2)10-4-3-5-21(9-10)15(8-19)11-6-13(17)14(18)7-12(11)16/h6-7,10,15H,3-5,8-9,19H2,1-2H3. The third kappa shape index (κ3) is 3.56. The van der Waals surface area contributed by atoms with E-state index in [9.17, 15) is 13.2 Å². The highest BCUT2D eigenvalue weighted by atomic mass is 19.2. The van der Waals surface area contributed by atoms with Gasteiger partial charge in [0.15, 0.2) is 11.6 Å². The number of hydrogen-bond acceptors (Lipinski definition) is 3. The van der Waals surface area contributed by atoms with Crippen LogP contribution in [0.3, 0.4) is 0 Å². The average molecular weight is 301 g/mol. The quantitative estimate of drug-likeness (QED) is 0.865. The first-order chi connectivity index (χ1) is 9.93. The van der Waals surface area contributed by atoms with Gasteiger partial charge in [-0.1, -0.05) is 0 Å². The Morgan fingerprint density at radius 2 is 1.90 bits per heavy atom. The number of halogens is 3. The number of hydrogen-bond donors (Lipinski definition) is 1. The average Bonchev–Trinajstić information content (AvgIpc) is 2.45. The molecule has 1 fully saturated rings. The van der Waals surface area contributed by atoms with Crippen LogP contribution < -0.4 is 5.73 Å². The summed E-state index contributed by atoms with van der Waals surface area (Å²) >= 11 is 0. The van der Waals surface area contributed by atoms with Crippen molar-refractivity contribution in [1.29, 1.82) is 0 Å². The van der Waals surface area contributed by atoms with Crippen molar-refractivity contribution in [3.63, 3.8) is 0 Å². The molecule has 2 rings (SSSR count). The number of nitrogens with two attached hydrogens (primary N) is 1. The van der Waals surface area contributed by atoms with Crippen molar-refractivity contribution in [2.45, 2.75) is 24.9 Å². The molecule has 1 aliphatic rings. The number of piperidine rings is 1. The van der Waals surface area contributed by atoms with E-state index in [1.165, 1.54) is 0 Å². The van der Waals surface area contributed by atoms with Crippen LogP contribution in [0, 0.1) is 17.5 Å². The van der Waals surface area contributed by atoms with Crippen molar-refractivity contribution in [3.8, 4) is 0 Å². The largest absolute Gasteiger partial charge is 0.329 e. The van der Waals surface area contributed by atoms with E-state index in [2.05, 4.69) is 9.80 Å². The Labute approximate surface area is 123 Å². The van der Waals surface area contributed by atoms with Gasteiger partial charge in [0.1, 0.15) is 5.82 Å². The maximum atomic E-state index is 14.0. The number of nitrogens with zero attached hydrogens (tertiary/aromatic N) is 2. The summed E-state index contributed by atoms with van der Waals surface area (Å²) in [5, 5.41) is 0. The molecule has 2 unspecified atom stereocenters. The highest BCUT2D eigenvalue weighted by Gasteiger charge is 2.29. The van der Waals surface area contributed by atoms with E-state index in [4.69, 9.17) is 5.73 Å². The zero-order chi connectivity index (χ0) is 15.6. The molecule has 0 spiro atoms. The lowest BCUT2D eigenvalue weighted by molar-refractivity contribution is 0.0967. The Kier molecular flexibility index (Phi) is 5.24. The van der Waals surface area contributed by atoms with Crippen molar-refractivity contribution >= 4 is 0 Å². The van der Waals surface area contributed by atoms with E-state index in [-0.39, 0.29) is 12.1 Å². The zero-order valence-electron chi connectivity index (χ0n) is 12.5. The molecule has 1 heterocycles. The molecule has 3 nitrogen and oxygen atoms in total. The van der Waals surface area contributed by atoms with Crippen LogP contribution in [0.25, 0.3) is 0 Å². The fraction of sp³-hybridized carbons (Fsp3) is 0.600. The van der Waals surface area contributed by atoms with Crippen LogP contribution in [-0.2, 0) is 0 Å². The summed E-state index contributed by atoms with van der Waals surface area (Å²) in [4.78, 5) is 4.19. The summed E-state index contributed by atoms with van der Waals surface area (Å²) in [7, 11) is 4.01. The second-order valence-corrected chi connectivity index (χ2v) is 5.79. The summed E-state index contributed by atoms with van der Waals surface area (Å²) in [6.45, 7) is 1.69. The Hall–Kier alpha value is -1.11. The summed E-state index contributed by atoms with van der Waals surface area (Å²) in [5.74, 6) is -2.95. The summed E-state index contributed by atoms with van der Waals surface area (Å²) < 4.78 is 40.5. The topological polar surface area (TPSA) is 32.5 Å². The molecule has 0 amide bonds. The molecule has 1 aromatic rings. The molecule has 0 aromatic heterocycles. The predicted octanol–water partition coefficient (Wildman–Crippen LogP) is 2.13. The first kappa shape index (κ1) is 16.3. The van der Waals surface area contributed by atoms with Gasteiger partial charge in [-0.2, -0.15) is 0 Å². The molecule has 1 aliphatic heterocycles. The van der Waals surface area contributed by atoms with Crippen LogP contribution in [-0.4, -0.2) is 49.6 Å². The van der Waals surface area contributed by atoms with Crippen LogP contribution in [0.1, 0.15) is 24.4 Å². The number of benzene rings is 1. The Balaban J connectivity index is 2.25. The lowest BCUT2D eigenvalue weighted by Gasteiger charge is -2.40. The van der Waals surface area contributed by atoms with Gasteiger partial charge < -0.3 is 10.6 Å². The second kappa shape index (κ2) is 6.77. The number of likely N-dealkylation sites (tertiary alicyclic amines) is 1. The lowest BCUT2D eigenvalue weighted by Crippen LogP contribution is -2.48. The third-order valence-electron chi connectivity index (χ3n) is 4.22. The van der Waals surface area contributed by atoms with Gasteiger partial charge in [0.05, 0.1) is 6.04 Å². The molecule has 0 bridgehead atoms. The first-order valence-corrected chi connectivity index (χ1v) is 7.19. The van der Waals surface area contributed by atoms with Gasteiger partial charge in [0.25, 0.3) is 0 Å². The summed E-state index contributed by atoms with van der Waals surface area (Å²) in [6, 6.07) is 1.46. The van der Waals surface area contributed by atoms with E-state index in [1.807, 2.05) is 14.1 Å². The van der Waals surface area contributed by atoms with Crippen LogP contribution >= 0.6 is 0 Å². The van der Waals surface area contributed by atoms with Crippen LogP contribution in [0.4, 0.5) is 13.2 Å². The fourth-order valence-corrected chi connectivity index (χ4v) is 2.95. The molecule has 118 valence electrons. The number of rotatable bonds is 4. The van der Waals surface area contributed by atoms with Gasteiger partial charge in [-0.3, -0.25) is 4.90 Å². The molecule has 0 saturated carbocycles. The maximum absolute atomic E-state index is 14.0. The lowest BCUT2D eigenvalue weighted by atomic mass is 9.98. The summed E-state index contributed by atoms with van der Waals surface area (Å²) in [6.07, 6.45) is 2.05. The van der Waals surface area contributed by atoms with Gasteiger partial charge in [0.2, 0.25) is 0 Å². The predicted molar refractivity (Wildman–Crippen MR) is 76.4 cm³/mol. The summed E-state index contributed by atoms with van der Waals surface area (Å²) in [5.41, 5.74) is 5.91. The van der Waals surface area contributed by atoms with Crippen LogP contribution in [0.2, 0.25) is 0 Å². The SMILES string of the molecule is CN(C)C1CCCN(C(CN)c2cc(F)c(F)cc2F)C1. The molecular formula is C15H22F3N3. The van der Waals surface area contributed by atoms with Crippen molar-refractivity contribution in [3.05, 3.63) is 35.1 Å². The van der Waals surface area contributed by atoms with E-state index in [0.29, 0.717) is 12.1 Å². The molecule has 1 saturated heterocycles. The van der Waals surface area contributed by atoms with Crippen LogP contribution in [0.5, 0.6) is 0 Å². The normalized spacial score (nSPS) is 21.8. The minimum atomic E-state index is -1.17. The number of likely N-dealkylation sites (N-methyl/N-ethyl adjacent to an activating group) is 1. The monoisotopic (exact) mass is 301 g/mol. The van der Waals surface area contributed by atoms with Gasteiger partial charge in [-0.05, 0) is 39.5 Å². The molecule has 6 heteroatoms. The van der Waals surface area contributed by atoms with Gasteiger partial charge in [-0.15, -0.1) is 0 Å². The van der Waals surface area contributed by atoms with Crippen molar-refractivity contribution in [2.75, 3.05) is 33.7 Å². The van der Waals surface area contributed by atoms with Crippen molar-refractivity contribution in [1.82, 2.24) is 9.80 Å². The van der Waals surface area contributed by atoms with E-state index in [0.717, 1.165) is 32.0 Å². The fourth-order valence-electron chi connectivity index (χ4n) is 2.95. The van der Waals surface area contributed by atoms with Gasteiger partial charge in [0, 0.05) is 30.8 Å². The minimum absolute atomic E-state index is 0.135. The van der Waals surface area contributed by atoms with E-state index < -0.39 is 23.5 Å². The second-order valence-electron chi connectivity index (χ2n) is 5.79. The minimum Gasteiger partial charge on any atom is -0.329 e. The Morgan fingerprint density at radius 1 is 1.24 bits per heavy atom. The third-order valence-corrected chi connectivity index (χ3v) is 4.22. The highest BCUT2D eigenvalue weighted by Crippen LogP contribution is 2.28. The Morgan fingerprint density at radius 3 is 2.52 bits per heavy atom. The highest BCUT2D eigenvalue weighted by molar-refractivity contribution is 5.24. The van der Waals surface area contributed by atoms with Crippen molar-refractivity contribution in [2.24, 2.45) is 5.73 Å². The maximum Gasteiger partial charge on any atom is 0.161 e. The smallest absolute Gasteiger partial charge is 0.161 e. The molecule has 2 atom stereocenters. The van der Waals surface area contributed by atoms with Crippen LogP contribution in [0.15, 0.2) is 12.1 Å². The van der Waals surface area contributed by atoms with E-state index in [1.54, 1.807) is 0 Å². The van der Waals surface area contributed by atoms with Gasteiger partial charge in [-0.25, -0.2) is 13.2 Å². The van der Waals surface area contributed by atoms with Crippen molar-refractivity contribution < 1.29 is 13.2 Å². The van der Waals surface area contributed by atoms with Gasteiger partial charge >= 0.3 is 0 Å². The molecule has 1 aromatic carbocycles. The zero-order valence-corrected chi connectivity index (χ0v) is 12.5. The van der Waals surface area contributed by atoms with E-state index >= 15 is 0 Å². The molecule has 0 radical (unpaired) electrons. The molecule has 2 N–H and O–H groups in total. The Bertz CT molecular complexity index is 493. The molecular weight excluding hydrogens is 279 g/mol. The molecule has 21 heavy (non-hydrogen) atoms. The molecule has 0 aliphatic carbocycles.